The molecule has 1 heterocycles. The first-order chi connectivity index (χ1) is 13.8. The van der Waals surface area contributed by atoms with E-state index in [0.29, 0.717) is 10.7 Å². The van der Waals surface area contributed by atoms with Gasteiger partial charge in [-0.05, 0) is 69.2 Å². The number of para-hydroxylation sites is 1. The van der Waals surface area contributed by atoms with Gasteiger partial charge in [-0.1, -0.05) is 31.2 Å². The fourth-order valence-corrected chi connectivity index (χ4v) is 3.86. The molecule has 2 aromatic carbocycles. The summed E-state index contributed by atoms with van der Waals surface area (Å²) in [6, 6.07) is 13.0. The van der Waals surface area contributed by atoms with Crippen molar-refractivity contribution in [3.8, 4) is 0 Å². The van der Waals surface area contributed by atoms with Crippen molar-refractivity contribution in [3.05, 3.63) is 65.5 Å². The molecule has 1 aliphatic rings. The highest BCUT2D eigenvalue weighted by atomic mass is 32.1. The molecule has 2 aromatic rings. The van der Waals surface area contributed by atoms with Crippen LogP contribution in [0.15, 0.2) is 53.6 Å². The Morgan fingerprint density at radius 1 is 1.24 bits per heavy atom. The summed E-state index contributed by atoms with van der Waals surface area (Å²) in [6.07, 6.45) is 4.70. The monoisotopic (exact) mass is 410 g/mol. The predicted molar refractivity (Wildman–Crippen MR) is 125 cm³/mol. The Balaban J connectivity index is 1.79. The van der Waals surface area contributed by atoms with Crippen LogP contribution >= 0.6 is 12.2 Å². The second-order valence-electron chi connectivity index (χ2n) is 7.71. The standard InChI is InChI=1S/C23H27FN4S/c1-5-11-28-21-13-20(24)17(12-19(21)16(2)14-23(28,3)4)15-25-27-22(29)26-18-9-7-6-8-10-18/h6-10,12-15H,5,11H2,1-4H3,(H2,26,27,29)/b25-15+. The number of hydrogen-bond acceptors (Lipinski definition) is 3. The number of nitrogens with zero attached hydrogens (tertiary/aromatic N) is 2. The Hall–Kier alpha value is -2.73. The van der Waals surface area contributed by atoms with Gasteiger partial charge in [0.05, 0.1) is 11.8 Å². The van der Waals surface area contributed by atoms with E-state index in [-0.39, 0.29) is 11.4 Å². The first-order valence-electron chi connectivity index (χ1n) is 9.78. The molecule has 152 valence electrons. The van der Waals surface area contributed by atoms with Gasteiger partial charge in [-0.2, -0.15) is 5.10 Å². The van der Waals surface area contributed by atoms with Crippen molar-refractivity contribution in [1.29, 1.82) is 0 Å². The van der Waals surface area contributed by atoms with Crippen molar-refractivity contribution < 1.29 is 4.39 Å². The smallest absolute Gasteiger partial charge is 0.191 e. The Bertz CT molecular complexity index is 951. The van der Waals surface area contributed by atoms with Gasteiger partial charge in [0.15, 0.2) is 5.11 Å². The van der Waals surface area contributed by atoms with Crippen LogP contribution in [0.4, 0.5) is 15.8 Å². The number of thiocarbonyl (C=S) groups is 1. The van der Waals surface area contributed by atoms with E-state index in [9.17, 15) is 4.39 Å². The van der Waals surface area contributed by atoms with Crippen LogP contribution in [0, 0.1) is 5.82 Å². The van der Waals surface area contributed by atoms with Crippen LogP contribution in [0.5, 0.6) is 0 Å². The van der Waals surface area contributed by atoms with Gasteiger partial charge in [0.1, 0.15) is 5.82 Å². The molecule has 0 amide bonds. The second kappa shape index (κ2) is 8.74. The zero-order valence-electron chi connectivity index (χ0n) is 17.3. The maximum atomic E-state index is 14.8. The van der Waals surface area contributed by atoms with Gasteiger partial charge in [0, 0.05) is 29.0 Å². The fraction of sp³-hybridized carbons (Fsp3) is 0.304. The van der Waals surface area contributed by atoms with E-state index in [1.807, 2.05) is 36.4 Å². The third kappa shape index (κ3) is 4.82. The molecule has 0 unspecified atom stereocenters. The molecule has 0 atom stereocenters. The van der Waals surface area contributed by atoms with Crippen LogP contribution in [0.3, 0.4) is 0 Å². The number of benzene rings is 2. The number of hydrazone groups is 1. The zero-order valence-corrected chi connectivity index (χ0v) is 18.1. The van der Waals surface area contributed by atoms with Crippen LogP contribution in [0.2, 0.25) is 0 Å². The fourth-order valence-electron chi connectivity index (χ4n) is 3.69. The summed E-state index contributed by atoms with van der Waals surface area (Å²) in [4.78, 5) is 2.26. The molecule has 3 rings (SSSR count). The molecule has 0 aliphatic carbocycles. The lowest BCUT2D eigenvalue weighted by molar-refractivity contribution is 0.546. The van der Waals surface area contributed by atoms with Crippen molar-refractivity contribution >= 4 is 40.5 Å². The number of anilines is 2. The largest absolute Gasteiger partial charge is 0.362 e. The maximum absolute atomic E-state index is 14.8. The van der Waals surface area contributed by atoms with Gasteiger partial charge in [-0.3, -0.25) is 5.43 Å². The van der Waals surface area contributed by atoms with Crippen LogP contribution in [-0.4, -0.2) is 23.4 Å². The van der Waals surface area contributed by atoms with Gasteiger partial charge < -0.3 is 10.2 Å². The zero-order chi connectivity index (χ0) is 21.0. The van der Waals surface area contributed by atoms with Crippen LogP contribution < -0.4 is 15.6 Å². The Morgan fingerprint density at radius 2 is 1.97 bits per heavy atom. The van der Waals surface area contributed by atoms with E-state index in [1.54, 1.807) is 6.07 Å². The average Bonchev–Trinajstić information content (AvgIpc) is 2.66. The Kier molecular flexibility index (Phi) is 6.33. The van der Waals surface area contributed by atoms with E-state index in [2.05, 4.69) is 54.5 Å². The number of fused-ring (bicyclic) bond motifs is 1. The average molecular weight is 411 g/mol. The van der Waals surface area contributed by atoms with E-state index in [1.165, 1.54) is 6.21 Å². The molecule has 0 saturated carbocycles. The summed E-state index contributed by atoms with van der Waals surface area (Å²) in [5, 5.41) is 7.48. The van der Waals surface area contributed by atoms with Gasteiger partial charge in [-0.25, -0.2) is 4.39 Å². The molecule has 0 spiro atoms. The van der Waals surface area contributed by atoms with E-state index < -0.39 is 0 Å². The molecular formula is C23H27FN4S. The van der Waals surface area contributed by atoms with E-state index >= 15 is 0 Å². The van der Waals surface area contributed by atoms with Gasteiger partial charge >= 0.3 is 0 Å². The van der Waals surface area contributed by atoms with Crippen LogP contribution in [0.25, 0.3) is 5.57 Å². The highest BCUT2D eigenvalue weighted by Crippen LogP contribution is 2.39. The summed E-state index contributed by atoms with van der Waals surface area (Å²) >= 11 is 5.22. The number of nitrogens with one attached hydrogen (secondary N) is 2. The lowest BCUT2D eigenvalue weighted by Crippen LogP contribution is -2.45. The van der Waals surface area contributed by atoms with Gasteiger partial charge in [-0.15, -0.1) is 0 Å². The third-order valence-electron chi connectivity index (χ3n) is 4.94. The molecule has 0 radical (unpaired) electrons. The summed E-state index contributed by atoms with van der Waals surface area (Å²) < 4.78 is 14.8. The minimum Gasteiger partial charge on any atom is -0.362 e. The first kappa shape index (κ1) is 21.0. The lowest BCUT2D eigenvalue weighted by atomic mass is 9.88. The highest BCUT2D eigenvalue weighted by molar-refractivity contribution is 7.80. The van der Waals surface area contributed by atoms with E-state index in [0.717, 1.165) is 35.5 Å². The molecule has 29 heavy (non-hydrogen) atoms. The lowest BCUT2D eigenvalue weighted by Gasteiger charge is -2.43. The minimum atomic E-state index is -0.303. The Morgan fingerprint density at radius 3 is 2.66 bits per heavy atom. The van der Waals surface area contributed by atoms with Gasteiger partial charge in [0.25, 0.3) is 0 Å². The van der Waals surface area contributed by atoms with E-state index in [4.69, 9.17) is 12.2 Å². The predicted octanol–water partition coefficient (Wildman–Crippen LogP) is 5.56. The number of hydrogen-bond donors (Lipinski definition) is 2. The molecule has 0 aromatic heterocycles. The maximum Gasteiger partial charge on any atom is 0.191 e. The molecule has 0 bridgehead atoms. The van der Waals surface area contributed by atoms with Crippen molar-refractivity contribution in [3.63, 3.8) is 0 Å². The third-order valence-corrected chi connectivity index (χ3v) is 5.14. The minimum absolute atomic E-state index is 0.147. The van der Waals surface area contributed by atoms with Crippen LogP contribution in [-0.2, 0) is 0 Å². The number of halogens is 1. The molecule has 0 fully saturated rings. The normalized spacial score (nSPS) is 15.1. The SMILES string of the molecule is CCCN1c2cc(F)c(/C=N/NC(=S)Nc3ccccc3)cc2C(C)=CC1(C)C. The van der Waals surface area contributed by atoms with Crippen LogP contribution in [0.1, 0.15) is 45.2 Å². The summed E-state index contributed by atoms with van der Waals surface area (Å²) in [6.45, 7) is 9.40. The molecule has 6 heteroatoms. The molecular weight excluding hydrogens is 383 g/mol. The summed E-state index contributed by atoms with van der Waals surface area (Å²) in [7, 11) is 0. The topological polar surface area (TPSA) is 39.7 Å². The quantitative estimate of drug-likeness (QED) is 0.385. The number of rotatable bonds is 5. The second-order valence-corrected chi connectivity index (χ2v) is 8.12. The summed E-state index contributed by atoms with van der Waals surface area (Å²) in [5.41, 5.74) is 6.98. The van der Waals surface area contributed by atoms with Crippen molar-refractivity contribution in [2.45, 2.75) is 39.7 Å². The molecule has 1 aliphatic heterocycles. The summed E-state index contributed by atoms with van der Waals surface area (Å²) in [5.74, 6) is -0.303. The number of allylic oxidation sites excluding steroid dienone is 1. The van der Waals surface area contributed by atoms with Gasteiger partial charge in [0.2, 0.25) is 0 Å². The molecule has 0 saturated heterocycles. The molecule has 4 nitrogen and oxygen atoms in total. The first-order valence-corrected chi connectivity index (χ1v) is 10.2. The van der Waals surface area contributed by atoms with Crippen molar-refractivity contribution in [2.75, 3.05) is 16.8 Å². The molecule has 2 N–H and O–H groups in total. The van der Waals surface area contributed by atoms with Crippen molar-refractivity contribution in [1.82, 2.24) is 5.43 Å². The van der Waals surface area contributed by atoms with Crippen molar-refractivity contribution in [2.24, 2.45) is 5.10 Å². The highest BCUT2D eigenvalue weighted by Gasteiger charge is 2.31. The Labute approximate surface area is 177 Å².